The number of fused-ring (bicyclic) bond motifs is 1. The van der Waals surface area contributed by atoms with E-state index in [1.165, 1.54) is 22.7 Å². The van der Waals surface area contributed by atoms with Gasteiger partial charge in [0.25, 0.3) is 11.8 Å². The summed E-state index contributed by atoms with van der Waals surface area (Å²) in [5.41, 5.74) is 1.44. The van der Waals surface area contributed by atoms with E-state index in [9.17, 15) is 9.59 Å². The highest BCUT2D eigenvalue weighted by Gasteiger charge is 2.29. The van der Waals surface area contributed by atoms with Gasteiger partial charge < -0.3 is 18.6 Å². The summed E-state index contributed by atoms with van der Waals surface area (Å²) in [6.07, 6.45) is 1.62. The summed E-state index contributed by atoms with van der Waals surface area (Å²) in [6, 6.07) is 7.41. The van der Waals surface area contributed by atoms with Gasteiger partial charge in [0.15, 0.2) is 10.8 Å². The Morgan fingerprint density at radius 1 is 1.00 bits per heavy atom. The Balaban J connectivity index is 1.26. The fourth-order valence-corrected chi connectivity index (χ4v) is 5.48. The molecular formula is C21H19N3O4S2. The van der Waals surface area contributed by atoms with Crippen molar-refractivity contribution in [3.8, 4) is 10.8 Å². The largest absolute Gasteiger partial charge is 0.463 e. The first-order valence-electron chi connectivity index (χ1n) is 9.59. The minimum atomic E-state index is -0.0414. The van der Waals surface area contributed by atoms with Gasteiger partial charge in [-0.15, -0.1) is 22.7 Å². The van der Waals surface area contributed by atoms with Gasteiger partial charge >= 0.3 is 0 Å². The molecule has 0 aromatic carbocycles. The number of rotatable bonds is 3. The molecule has 0 N–H and O–H groups in total. The minimum absolute atomic E-state index is 0.0112. The smallest absolute Gasteiger partial charge is 0.265 e. The molecule has 9 heteroatoms. The molecule has 7 nitrogen and oxygen atoms in total. The highest BCUT2D eigenvalue weighted by Crippen LogP contribution is 2.31. The molecule has 0 spiro atoms. The molecule has 1 fully saturated rings. The fourth-order valence-electron chi connectivity index (χ4n) is 3.53. The van der Waals surface area contributed by atoms with Crippen molar-refractivity contribution < 1.29 is 18.4 Å². The first kappa shape index (κ1) is 19.1. The van der Waals surface area contributed by atoms with E-state index in [4.69, 9.17) is 8.83 Å². The summed E-state index contributed by atoms with van der Waals surface area (Å²) < 4.78 is 12.0. The SMILES string of the molecule is Cc1ccc(-c2nc(C)c(C(=O)N3CCN(C(=O)c4cc5occc5s4)CC3)s2)o1. The predicted molar refractivity (Wildman–Crippen MR) is 115 cm³/mol. The van der Waals surface area contributed by atoms with Gasteiger partial charge in [-0.05, 0) is 32.0 Å². The summed E-state index contributed by atoms with van der Waals surface area (Å²) in [5, 5.41) is 0.708. The Morgan fingerprint density at radius 2 is 1.73 bits per heavy atom. The fraction of sp³-hybridized carbons (Fsp3) is 0.286. The number of carbonyl (C=O) groups excluding carboxylic acids is 2. The van der Waals surface area contributed by atoms with Crippen molar-refractivity contribution in [1.29, 1.82) is 0 Å². The lowest BCUT2D eigenvalue weighted by atomic mass is 10.2. The molecule has 0 saturated carbocycles. The third-order valence-corrected chi connectivity index (χ3v) is 7.38. The van der Waals surface area contributed by atoms with Crippen molar-refractivity contribution in [3.05, 3.63) is 51.7 Å². The van der Waals surface area contributed by atoms with Gasteiger partial charge in [0, 0.05) is 32.2 Å². The van der Waals surface area contributed by atoms with Crippen LogP contribution in [0.25, 0.3) is 21.1 Å². The zero-order valence-electron chi connectivity index (χ0n) is 16.5. The van der Waals surface area contributed by atoms with E-state index in [2.05, 4.69) is 4.98 Å². The highest BCUT2D eigenvalue weighted by molar-refractivity contribution is 7.20. The first-order valence-corrected chi connectivity index (χ1v) is 11.2. The van der Waals surface area contributed by atoms with Gasteiger partial charge in [0.1, 0.15) is 16.2 Å². The molecule has 1 aliphatic heterocycles. The maximum absolute atomic E-state index is 13.1. The number of carbonyl (C=O) groups is 2. The van der Waals surface area contributed by atoms with Crippen LogP contribution in [-0.2, 0) is 0 Å². The van der Waals surface area contributed by atoms with Crippen molar-refractivity contribution in [3.63, 3.8) is 0 Å². The van der Waals surface area contributed by atoms with Crippen LogP contribution in [0.15, 0.2) is 39.4 Å². The van der Waals surface area contributed by atoms with Crippen LogP contribution in [0.3, 0.4) is 0 Å². The number of piperazine rings is 1. The molecule has 0 aliphatic carbocycles. The van der Waals surface area contributed by atoms with E-state index in [0.29, 0.717) is 52.4 Å². The second kappa shape index (κ2) is 7.41. The van der Waals surface area contributed by atoms with E-state index in [1.54, 1.807) is 22.1 Å². The third kappa shape index (κ3) is 3.33. The number of aryl methyl sites for hydroxylation is 2. The van der Waals surface area contributed by atoms with Gasteiger partial charge in [0.2, 0.25) is 0 Å². The molecule has 2 amide bonds. The van der Waals surface area contributed by atoms with Crippen molar-refractivity contribution >= 4 is 44.8 Å². The summed E-state index contributed by atoms with van der Waals surface area (Å²) in [5.74, 6) is 1.44. The summed E-state index contributed by atoms with van der Waals surface area (Å²) >= 11 is 2.78. The van der Waals surface area contributed by atoms with Crippen LogP contribution in [0.4, 0.5) is 0 Å². The minimum Gasteiger partial charge on any atom is -0.463 e. The molecule has 4 aromatic heterocycles. The third-order valence-electron chi connectivity index (χ3n) is 5.15. The average Bonchev–Trinajstić information content (AvgIpc) is 3.50. The van der Waals surface area contributed by atoms with Crippen LogP contribution in [0.1, 0.15) is 30.8 Å². The molecule has 5 heterocycles. The summed E-state index contributed by atoms with van der Waals surface area (Å²) in [6.45, 7) is 5.73. The number of thiazole rings is 1. The second-order valence-corrected chi connectivity index (χ2v) is 9.27. The molecule has 4 aromatic rings. The molecule has 0 unspecified atom stereocenters. The standard InChI is InChI=1S/C21H19N3O4S2/c1-12-3-4-14(28-12)19-22-13(2)18(30-19)21(26)24-8-6-23(7-9-24)20(25)17-11-15-16(29-17)5-10-27-15/h3-5,10-11H,6-9H2,1-2H3. The zero-order chi connectivity index (χ0) is 20.8. The van der Waals surface area contributed by atoms with Crippen LogP contribution in [-0.4, -0.2) is 52.8 Å². The Morgan fingerprint density at radius 3 is 2.40 bits per heavy atom. The lowest BCUT2D eigenvalue weighted by Gasteiger charge is -2.34. The van der Waals surface area contributed by atoms with Gasteiger partial charge in [-0.3, -0.25) is 9.59 Å². The second-order valence-electron chi connectivity index (χ2n) is 7.19. The maximum atomic E-state index is 13.1. The van der Waals surface area contributed by atoms with Crippen LogP contribution in [0.5, 0.6) is 0 Å². The molecule has 0 radical (unpaired) electrons. The molecule has 1 aliphatic rings. The Bertz CT molecular complexity index is 1210. The lowest BCUT2D eigenvalue weighted by molar-refractivity contribution is 0.0540. The number of thiophene rings is 1. The van der Waals surface area contributed by atoms with Gasteiger partial charge in [0.05, 0.1) is 21.5 Å². The number of furan rings is 2. The van der Waals surface area contributed by atoms with E-state index in [0.717, 1.165) is 16.0 Å². The maximum Gasteiger partial charge on any atom is 0.265 e. The molecule has 0 bridgehead atoms. The van der Waals surface area contributed by atoms with E-state index in [1.807, 2.05) is 32.0 Å². The monoisotopic (exact) mass is 441 g/mol. The van der Waals surface area contributed by atoms with E-state index < -0.39 is 0 Å². The molecule has 0 atom stereocenters. The average molecular weight is 442 g/mol. The van der Waals surface area contributed by atoms with Gasteiger partial charge in [-0.2, -0.15) is 0 Å². The summed E-state index contributed by atoms with van der Waals surface area (Å²) in [4.78, 5) is 35.2. The molecule has 1 saturated heterocycles. The van der Waals surface area contributed by atoms with Crippen molar-refractivity contribution in [2.75, 3.05) is 26.2 Å². The lowest BCUT2D eigenvalue weighted by Crippen LogP contribution is -2.50. The number of hydrogen-bond acceptors (Lipinski definition) is 7. The predicted octanol–water partition coefficient (Wildman–Crippen LogP) is 4.43. The topological polar surface area (TPSA) is 79.8 Å². The Labute approximate surface area is 180 Å². The van der Waals surface area contributed by atoms with Gasteiger partial charge in [-0.1, -0.05) is 0 Å². The zero-order valence-corrected chi connectivity index (χ0v) is 18.1. The number of amides is 2. The number of aromatic nitrogens is 1. The Kier molecular flexibility index (Phi) is 4.71. The number of hydrogen-bond donors (Lipinski definition) is 0. The molecule has 154 valence electrons. The van der Waals surface area contributed by atoms with Crippen molar-refractivity contribution in [2.24, 2.45) is 0 Å². The van der Waals surface area contributed by atoms with E-state index >= 15 is 0 Å². The highest BCUT2D eigenvalue weighted by atomic mass is 32.1. The molecule has 30 heavy (non-hydrogen) atoms. The van der Waals surface area contributed by atoms with Crippen LogP contribution in [0, 0.1) is 13.8 Å². The first-order chi connectivity index (χ1) is 14.5. The van der Waals surface area contributed by atoms with Crippen LogP contribution < -0.4 is 0 Å². The normalized spacial score (nSPS) is 14.6. The number of nitrogens with zero attached hydrogens (tertiary/aromatic N) is 3. The van der Waals surface area contributed by atoms with Crippen LogP contribution >= 0.6 is 22.7 Å². The van der Waals surface area contributed by atoms with E-state index in [-0.39, 0.29) is 11.8 Å². The quantitative estimate of drug-likeness (QED) is 0.470. The molecule has 5 rings (SSSR count). The van der Waals surface area contributed by atoms with Crippen LogP contribution in [0.2, 0.25) is 0 Å². The van der Waals surface area contributed by atoms with Gasteiger partial charge in [-0.25, -0.2) is 4.98 Å². The Hall–Kier alpha value is -2.91. The van der Waals surface area contributed by atoms with Crippen molar-refractivity contribution in [2.45, 2.75) is 13.8 Å². The molecular weight excluding hydrogens is 422 g/mol. The summed E-state index contributed by atoms with van der Waals surface area (Å²) in [7, 11) is 0. The van der Waals surface area contributed by atoms with Crippen molar-refractivity contribution in [1.82, 2.24) is 14.8 Å².